The zero-order valence-corrected chi connectivity index (χ0v) is 24.0. The highest BCUT2D eigenvalue weighted by atomic mass is 16.6. The lowest BCUT2D eigenvalue weighted by molar-refractivity contribution is -0.167. The molecule has 4 saturated carbocycles. The van der Waals surface area contributed by atoms with Gasteiger partial charge in [0.1, 0.15) is 17.2 Å². The van der Waals surface area contributed by atoms with Crippen LogP contribution in [0.5, 0.6) is 0 Å². The van der Waals surface area contributed by atoms with E-state index in [0.717, 1.165) is 57.8 Å². The SMILES string of the molecule is CN(CCCC/C=C1\CC[C@]2(C)C3CC[C@]4(C)C(=O)CCC4C3C(=O)[C@H](CO)C2C1)C(=O)OC(C)(C)C. The molecule has 0 aliphatic heterocycles. The number of ketones is 2. The van der Waals surface area contributed by atoms with Crippen molar-refractivity contribution in [2.75, 3.05) is 20.2 Å². The topological polar surface area (TPSA) is 83.9 Å². The third-order valence-electron chi connectivity index (χ3n) is 10.6. The number of nitrogens with zero attached hydrogens (tertiary/aromatic N) is 1. The zero-order valence-electron chi connectivity index (χ0n) is 24.0. The van der Waals surface area contributed by atoms with Crippen molar-refractivity contribution < 1.29 is 24.2 Å². The van der Waals surface area contributed by atoms with Gasteiger partial charge in [0, 0.05) is 37.3 Å². The molecule has 4 aliphatic carbocycles. The van der Waals surface area contributed by atoms with Gasteiger partial charge >= 0.3 is 6.09 Å². The number of carbonyl (C=O) groups is 3. The minimum atomic E-state index is -0.482. The van der Waals surface area contributed by atoms with Gasteiger partial charge < -0.3 is 14.7 Å². The molecule has 4 rings (SSSR count). The molecular weight excluding hydrogens is 466 g/mol. The number of hydrogen-bond donors (Lipinski definition) is 1. The van der Waals surface area contributed by atoms with Crippen molar-refractivity contribution in [3.05, 3.63) is 11.6 Å². The van der Waals surface area contributed by atoms with Gasteiger partial charge in [0.15, 0.2) is 0 Å². The van der Waals surface area contributed by atoms with Gasteiger partial charge in [-0.15, -0.1) is 0 Å². The van der Waals surface area contributed by atoms with E-state index in [1.807, 2.05) is 20.8 Å². The largest absolute Gasteiger partial charge is 0.444 e. The first-order valence-corrected chi connectivity index (χ1v) is 14.6. The molecule has 37 heavy (non-hydrogen) atoms. The van der Waals surface area contributed by atoms with Crippen molar-refractivity contribution in [1.29, 1.82) is 0 Å². The number of aliphatic hydroxyl groups is 1. The Kier molecular flexibility index (Phi) is 8.01. The van der Waals surface area contributed by atoms with Gasteiger partial charge in [-0.05, 0) is 102 Å². The summed E-state index contributed by atoms with van der Waals surface area (Å²) in [6.45, 7) is 10.7. The van der Waals surface area contributed by atoms with Gasteiger partial charge in [-0.3, -0.25) is 9.59 Å². The molecule has 0 radical (unpaired) electrons. The summed E-state index contributed by atoms with van der Waals surface area (Å²) in [5.74, 6) is 0.905. The maximum Gasteiger partial charge on any atom is 0.410 e. The molecule has 1 amide bonds. The third kappa shape index (κ3) is 5.29. The van der Waals surface area contributed by atoms with E-state index in [0.29, 0.717) is 24.7 Å². The van der Waals surface area contributed by atoms with Gasteiger partial charge in [0.2, 0.25) is 0 Å². The number of Topliss-reactive ketones (excluding diaryl/α,β-unsaturated/α-hetero) is 2. The van der Waals surface area contributed by atoms with E-state index in [1.54, 1.807) is 11.9 Å². The Morgan fingerprint density at radius 3 is 2.49 bits per heavy atom. The quantitative estimate of drug-likeness (QED) is 0.349. The van der Waals surface area contributed by atoms with Gasteiger partial charge in [0.25, 0.3) is 0 Å². The molecule has 4 aliphatic rings. The maximum atomic E-state index is 13.9. The molecule has 0 heterocycles. The Morgan fingerprint density at radius 2 is 1.81 bits per heavy atom. The van der Waals surface area contributed by atoms with Crippen molar-refractivity contribution in [1.82, 2.24) is 4.90 Å². The second kappa shape index (κ2) is 10.5. The molecular formula is C31H49NO5. The Balaban J connectivity index is 1.37. The molecule has 6 heteroatoms. The van der Waals surface area contributed by atoms with Crippen molar-refractivity contribution in [2.45, 2.75) is 104 Å². The van der Waals surface area contributed by atoms with Gasteiger partial charge in [-0.2, -0.15) is 0 Å². The highest BCUT2D eigenvalue weighted by Crippen LogP contribution is 2.66. The number of allylic oxidation sites excluding steroid dienone is 2. The fourth-order valence-corrected chi connectivity index (χ4v) is 8.42. The highest BCUT2D eigenvalue weighted by Gasteiger charge is 2.64. The Hall–Kier alpha value is -1.69. The number of aliphatic hydroxyl groups excluding tert-OH is 1. The number of carbonyl (C=O) groups excluding carboxylic acids is 3. The minimum absolute atomic E-state index is 0.0480. The number of fused-ring (bicyclic) bond motifs is 5. The van der Waals surface area contributed by atoms with E-state index in [4.69, 9.17) is 4.74 Å². The summed E-state index contributed by atoms with van der Waals surface area (Å²) in [5.41, 5.74) is 0.651. The highest BCUT2D eigenvalue weighted by molar-refractivity contribution is 5.91. The van der Waals surface area contributed by atoms with Crippen LogP contribution in [0.2, 0.25) is 0 Å². The number of ether oxygens (including phenoxy) is 1. The molecule has 0 saturated heterocycles. The predicted molar refractivity (Wildman–Crippen MR) is 144 cm³/mol. The van der Waals surface area contributed by atoms with Crippen LogP contribution in [0.1, 0.15) is 98.8 Å². The van der Waals surface area contributed by atoms with Crippen LogP contribution in [0.3, 0.4) is 0 Å². The van der Waals surface area contributed by atoms with Crippen molar-refractivity contribution >= 4 is 17.7 Å². The van der Waals surface area contributed by atoms with E-state index < -0.39 is 5.60 Å². The van der Waals surface area contributed by atoms with Crippen LogP contribution in [-0.4, -0.2) is 53.5 Å². The van der Waals surface area contributed by atoms with E-state index in [2.05, 4.69) is 19.9 Å². The Bertz CT molecular complexity index is 934. The number of amides is 1. The summed E-state index contributed by atoms with van der Waals surface area (Å²) in [4.78, 5) is 40.4. The predicted octanol–water partition coefficient (Wildman–Crippen LogP) is 5.96. The van der Waals surface area contributed by atoms with E-state index in [1.165, 1.54) is 5.57 Å². The van der Waals surface area contributed by atoms with E-state index in [9.17, 15) is 19.5 Å². The number of unbranched alkanes of at least 4 members (excludes halogenated alkanes) is 2. The average Bonchev–Trinajstić information content (AvgIpc) is 3.13. The van der Waals surface area contributed by atoms with Crippen LogP contribution < -0.4 is 0 Å². The second-order valence-electron chi connectivity index (χ2n) is 13.9. The standard InChI is InChI=1S/C31H49NO5/c1-29(2,3)37-28(36)32(6)17-9-7-8-10-20-13-15-30(4)23-14-16-31(5)22(11-12-25(31)34)26(23)27(35)21(19-33)24(30)18-20/h10,21-24,26,33H,7-9,11-19H2,1-6H3/b20-10+/t21-,22?,23?,24?,26?,30-,31+/m1/s1. The molecule has 0 aromatic rings. The smallest absolute Gasteiger partial charge is 0.410 e. The lowest BCUT2D eigenvalue weighted by Crippen LogP contribution is -2.60. The number of hydrogen-bond acceptors (Lipinski definition) is 5. The first-order chi connectivity index (χ1) is 17.3. The summed E-state index contributed by atoms with van der Waals surface area (Å²) < 4.78 is 5.42. The fraction of sp³-hybridized carbons (Fsp3) is 0.839. The molecule has 4 fully saturated rings. The first-order valence-electron chi connectivity index (χ1n) is 14.6. The second-order valence-corrected chi connectivity index (χ2v) is 13.9. The summed E-state index contributed by atoms with van der Waals surface area (Å²) in [6.07, 6.45) is 11.3. The molecule has 4 unspecified atom stereocenters. The van der Waals surface area contributed by atoms with Crippen LogP contribution in [0.15, 0.2) is 11.6 Å². The maximum absolute atomic E-state index is 13.9. The van der Waals surface area contributed by atoms with Crippen molar-refractivity contribution in [2.24, 2.45) is 40.4 Å². The van der Waals surface area contributed by atoms with Gasteiger partial charge in [-0.1, -0.05) is 25.5 Å². The monoisotopic (exact) mass is 515 g/mol. The molecule has 6 nitrogen and oxygen atoms in total. The summed E-state index contributed by atoms with van der Waals surface area (Å²) in [7, 11) is 1.78. The molecule has 0 aromatic heterocycles. The molecule has 0 spiro atoms. The van der Waals surface area contributed by atoms with Crippen molar-refractivity contribution in [3.63, 3.8) is 0 Å². The van der Waals surface area contributed by atoms with Crippen LogP contribution in [0.4, 0.5) is 4.79 Å². The van der Waals surface area contributed by atoms with Crippen LogP contribution in [0, 0.1) is 40.4 Å². The van der Waals surface area contributed by atoms with E-state index in [-0.39, 0.29) is 53.0 Å². The molecule has 0 aromatic carbocycles. The normalized spacial score (nSPS) is 38.7. The molecule has 208 valence electrons. The molecule has 7 atom stereocenters. The lowest BCUT2D eigenvalue weighted by atomic mass is 9.42. The fourth-order valence-electron chi connectivity index (χ4n) is 8.42. The number of rotatable bonds is 6. The van der Waals surface area contributed by atoms with E-state index >= 15 is 0 Å². The summed E-state index contributed by atoms with van der Waals surface area (Å²) in [5, 5.41) is 10.4. The first kappa shape index (κ1) is 28.3. The lowest BCUT2D eigenvalue weighted by Gasteiger charge is -2.60. The average molecular weight is 516 g/mol. The Labute approximate surface area is 223 Å². The van der Waals surface area contributed by atoms with Gasteiger partial charge in [0.05, 0.1) is 6.61 Å². The van der Waals surface area contributed by atoms with Crippen molar-refractivity contribution in [3.8, 4) is 0 Å². The van der Waals surface area contributed by atoms with Crippen LogP contribution >= 0.6 is 0 Å². The van der Waals surface area contributed by atoms with Crippen LogP contribution in [0.25, 0.3) is 0 Å². The third-order valence-corrected chi connectivity index (χ3v) is 10.6. The summed E-state index contributed by atoms with van der Waals surface area (Å²) >= 11 is 0. The zero-order chi connectivity index (χ0) is 27.2. The minimum Gasteiger partial charge on any atom is -0.444 e. The molecule has 1 N–H and O–H groups in total. The van der Waals surface area contributed by atoms with Crippen LogP contribution in [-0.2, 0) is 14.3 Å². The van der Waals surface area contributed by atoms with Gasteiger partial charge in [-0.25, -0.2) is 4.79 Å². The molecule has 0 bridgehead atoms. The summed E-state index contributed by atoms with van der Waals surface area (Å²) in [6, 6.07) is 0. The Morgan fingerprint density at radius 1 is 1.08 bits per heavy atom.